The summed E-state index contributed by atoms with van der Waals surface area (Å²) in [6, 6.07) is 4.17. The second-order valence-electron chi connectivity index (χ2n) is 3.83. The number of aromatic nitrogens is 6. The summed E-state index contributed by atoms with van der Waals surface area (Å²) in [5.74, 6) is -2.95. The summed E-state index contributed by atoms with van der Waals surface area (Å²) in [6.45, 7) is 0. The Labute approximate surface area is 152 Å². The molecule has 0 saturated carbocycles. The van der Waals surface area contributed by atoms with Gasteiger partial charge in [0.15, 0.2) is 0 Å². The number of carbonyl (C=O) groups is 3. The monoisotopic (exact) mass is 438 g/mol. The number of nitrogens with zero attached hydrogens (tertiary/aromatic N) is 3. The fraction of sp³-hybridized carbons (Fsp3) is 0. The zero-order valence-electron chi connectivity index (χ0n) is 12.2. The first kappa shape index (κ1) is 21.7. The maximum Gasteiger partial charge on any atom is 0.353 e. The van der Waals surface area contributed by atoms with Crippen molar-refractivity contribution in [2.24, 2.45) is 0 Å². The van der Waals surface area contributed by atoms with E-state index >= 15 is 0 Å². The van der Waals surface area contributed by atoms with E-state index in [2.05, 4.69) is 30.6 Å². The third-order valence-electron chi connectivity index (χ3n) is 2.19. The second-order valence-corrected chi connectivity index (χ2v) is 3.83. The number of hydrogen-bond acceptors (Lipinski definition) is 6. The minimum atomic E-state index is -0.984. The maximum atomic E-state index is 9.99. The third-order valence-corrected chi connectivity index (χ3v) is 2.19. The molecule has 3 heterocycles. The molecular weight excluding hydrogens is 425 g/mol. The van der Waals surface area contributed by atoms with E-state index in [1.165, 1.54) is 36.8 Å². The minimum absolute atomic E-state index is 0. The predicted molar refractivity (Wildman–Crippen MR) is 76.6 cm³/mol. The van der Waals surface area contributed by atoms with Gasteiger partial charge in [-0.3, -0.25) is 15.3 Å². The van der Waals surface area contributed by atoms with E-state index in [1.807, 2.05) is 0 Å². The number of aromatic amines is 3. The summed E-state index contributed by atoms with van der Waals surface area (Å²) in [7, 11) is 0. The van der Waals surface area contributed by atoms with Crippen LogP contribution in [0.25, 0.3) is 0 Å². The first-order valence-corrected chi connectivity index (χ1v) is 6.09. The number of rotatable bonds is 3. The Bertz CT molecular complexity index is 651. The van der Waals surface area contributed by atoms with Crippen LogP contribution >= 0.6 is 0 Å². The molecule has 0 aliphatic carbocycles. The van der Waals surface area contributed by atoms with Gasteiger partial charge in [-0.05, 0) is 18.2 Å². The van der Waals surface area contributed by atoms with Gasteiger partial charge in [-0.2, -0.15) is 15.3 Å². The summed E-state index contributed by atoms with van der Waals surface area (Å²) in [4.78, 5) is 30.0. The normalized spacial score (nSPS) is 8.64. The van der Waals surface area contributed by atoms with Crippen LogP contribution in [-0.2, 0) is 19.5 Å². The number of H-pyrrole nitrogens is 3. The van der Waals surface area contributed by atoms with Crippen LogP contribution in [0.15, 0.2) is 36.8 Å². The van der Waals surface area contributed by atoms with Crippen LogP contribution in [0.5, 0.6) is 0 Å². The molecule has 0 aliphatic heterocycles. The first-order chi connectivity index (χ1) is 11.4. The summed E-state index contributed by atoms with van der Waals surface area (Å²) < 4.78 is 0. The predicted octanol–water partition coefficient (Wildman–Crippen LogP) is 0.321. The molecule has 25 heavy (non-hydrogen) atoms. The largest absolute Gasteiger partial charge is 0.477 e. The van der Waals surface area contributed by atoms with Crippen LogP contribution in [0.2, 0.25) is 0 Å². The molecule has 0 aromatic carbocycles. The van der Waals surface area contributed by atoms with Crippen molar-refractivity contribution in [3.8, 4) is 0 Å². The maximum absolute atomic E-state index is 9.99. The Morgan fingerprint density at radius 1 is 0.640 bits per heavy atom. The summed E-state index contributed by atoms with van der Waals surface area (Å²) >= 11 is 0. The van der Waals surface area contributed by atoms with Gasteiger partial charge < -0.3 is 15.3 Å². The Morgan fingerprint density at radius 3 is 0.960 bits per heavy atom. The Kier molecular flexibility index (Phi) is 9.74. The van der Waals surface area contributed by atoms with Gasteiger partial charge in [-0.25, -0.2) is 14.4 Å². The zero-order chi connectivity index (χ0) is 17.9. The Morgan fingerprint density at radius 2 is 0.880 bits per heavy atom. The third kappa shape index (κ3) is 8.18. The van der Waals surface area contributed by atoms with Gasteiger partial charge in [0, 0.05) is 38.1 Å². The van der Waals surface area contributed by atoms with Gasteiger partial charge in [-0.15, -0.1) is 0 Å². The molecule has 13 heteroatoms. The molecule has 3 aromatic heterocycles. The average molecular weight is 437 g/mol. The molecule has 134 valence electrons. The number of hydrogen-bond donors (Lipinski definition) is 6. The molecule has 0 spiro atoms. The molecule has 0 radical (unpaired) electrons. The zero-order valence-corrected chi connectivity index (χ0v) is 14.0. The van der Waals surface area contributed by atoms with E-state index in [0.717, 1.165) is 0 Å². The van der Waals surface area contributed by atoms with Crippen molar-refractivity contribution in [2.75, 3.05) is 0 Å². The van der Waals surface area contributed by atoms with Gasteiger partial charge >= 0.3 is 17.9 Å². The van der Waals surface area contributed by atoms with Crippen LogP contribution < -0.4 is 0 Å². The van der Waals surface area contributed by atoms with Gasteiger partial charge in [0.1, 0.15) is 17.1 Å². The Hall–Kier alpha value is -3.34. The molecule has 6 N–H and O–H groups in total. The van der Waals surface area contributed by atoms with E-state index < -0.39 is 17.9 Å². The summed E-state index contributed by atoms with van der Waals surface area (Å²) in [6.07, 6.45) is 4.18. The van der Waals surface area contributed by atoms with Gasteiger partial charge in [-0.1, -0.05) is 0 Å². The van der Waals surface area contributed by atoms with Crippen molar-refractivity contribution in [2.45, 2.75) is 0 Å². The second kappa shape index (κ2) is 11.2. The van der Waals surface area contributed by atoms with Crippen molar-refractivity contribution < 1.29 is 49.2 Å². The molecule has 0 bridgehead atoms. The van der Waals surface area contributed by atoms with Crippen molar-refractivity contribution in [3.05, 3.63) is 53.9 Å². The standard InChI is InChI=1S/3C4H4N2O2.Ru/c3*7-4(8)3-1-2-5-6-3;/h3*1-2H,(H,5,6)(H,7,8);. The van der Waals surface area contributed by atoms with Crippen LogP contribution in [0.4, 0.5) is 0 Å². The molecule has 12 nitrogen and oxygen atoms in total. The van der Waals surface area contributed by atoms with E-state index in [1.54, 1.807) is 0 Å². The van der Waals surface area contributed by atoms with Crippen LogP contribution in [-0.4, -0.2) is 63.8 Å². The quantitative estimate of drug-likeness (QED) is 0.312. The van der Waals surface area contributed by atoms with Crippen LogP contribution in [0, 0.1) is 0 Å². The fourth-order valence-corrected chi connectivity index (χ4v) is 1.12. The average Bonchev–Trinajstić information content (AvgIpc) is 3.29. The van der Waals surface area contributed by atoms with Gasteiger partial charge in [0.2, 0.25) is 0 Å². The first-order valence-electron chi connectivity index (χ1n) is 6.09. The van der Waals surface area contributed by atoms with Gasteiger partial charge in [0.25, 0.3) is 0 Å². The van der Waals surface area contributed by atoms with Crippen molar-refractivity contribution in [1.29, 1.82) is 0 Å². The van der Waals surface area contributed by atoms with Crippen LogP contribution in [0.3, 0.4) is 0 Å². The summed E-state index contributed by atoms with van der Waals surface area (Å²) in [5.41, 5.74) is 0.347. The molecule has 0 unspecified atom stereocenters. The van der Waals surface area contributed by atoms with E-state index in [-0.39, 0.29) is 36.6 Å². The smallest absolute Gasteiger partial charge is 0.353 e. The minimum Gasteiger partial charge on any atom is -0.477 e. The number of carboxylic acid groups (broad SMARTS) is 3. The number of aromatic carboxylic acids is 3. The Balaban J connectivity index is 0.000000339. The van der Waals surface area contributed by atoms with Crippen molar-refractivity contribution in [1.82, 2.24) is 30.6 Å². The van der Waals surface area contributed by atoms with E-state index in [0.29, 0.717) is 0 Å². The number of carboxylic acids is 3. The topological polar surface area (TPSA) is 198 Å². The van der Waals surface area contributed by atoms with E-state index in [9.17, 15) is 14.4 Å². The molecule has 0 atom stereocenters. The molecule has 0 fully saturated rings. The van der Waals surface area contributed by atoms with Crippen molar-refractivity contribution in [3.63, 3.8) is 0 Å². The molecule has 3 rings (SSSR count). The molecule has 0 saturated heterocycles. The number of nitrogens with one attached hydrogen (secondary N) is 3. The summed E-state index contributed by atoms with van der Waals surface area (Å²) in [5, 5.41) is 41.8. The SMILES string of the molecule is O=C(O)c1ccn[nH]1.O=C(O)c1ccn[nH]1.O=C(O)c1ccn[nH]1.[Ru]. The molecule has 0 aliphatic rings. The fourth-order valence-electron chi connectivity index (χ4n) is 1.12. The van der Waals surface area contributed by atoms with E-state index in [4.69, 9.17) is 15.3 Å². The van der Waals surface area contributed by atoms with Crippen molar-refractivity contribution >= 4 is 17.9 Å². The molecule has 0 amide bonds. The molecular formula is C12H12N6O6Ru. The van der Waals surface area contributed by atoms with Crippen LogP contribution in [0.1, 0.15) is 31.5 Å². The van der Waals surface area contributed by atoms with Gasteiger partial charge in [0.05, 0.1) is 0 Å². The molecule has 3 aromatic rings.